The summed E-state index contributed by atoms with van der Waals surface area (Å²) in [5.41, 5.74) is 4.45. The molecule has 1 aromatic heterocycles. The Labute approximate surface area is 231 Å². The van der Waals surface area contributed by atoms with E-state index >= 15 is 0 Å². The van der Waals surface area contributed by atoms with Gasteiger partial charge in [-0.25, -0.2) is 0 Å². The van der Waals surface area contributed by atoms with E-state index in [1.165, 1.54) is 5.56 Å². The van der Waals surface area contributed by atoms with Crippen LogP contribution in [-0.2, 0) is 33.5 Å². The molecule has 0 radical (unpaired) electrons. The Morgan fingerprint density at radius 3 is 1.95 bits per heavy atom. The van der Waals surface area contributed by atoms with E-state index in [4.69, 9.17) is 13.6 Å². The predicted octanol–water partition coefficient (Wildman–Crippen LogP) is 9.36. The molecular weight excluding hydrogens is 513 g/mol. The van der Waals surface area contributed by atoms with Crippen molar-refractivity contribution in [3.8, 4) is 5.75 Å². The highest BCUT2D eigenvalue weighted by molar-refractivity contribution is 7.10. The molecule has 2 rings (SSSR count). The second kappa shape index (κ2) is 12.6. The van der Waals surface area contributed by atoms with E-state index in [1.807, 2.05) is 6.07 Å². The number of ether oxygens (including phenoxy) is 1. The van der Waals surface area contributed by atoms with Crippen molar-refractivity contribution in [1.29, 1.82) is 0 Å². The quantitative estimate of drug-likeness (QED) is 0.147. The van der Waals surface area contributed by atoms with Crippen LogP contribution in [0.3, 0.4) is 0 Å². The Bertz CT molecular complexity index is 1070. The third-order valence-electron chi connectivity index (χ3n) is 8.02. The van der Waals surface area contributed by atoms with Crippen molar-refractivity contribution in [2.24, 2.45) is 0 Å². The second-order valence-corrected chi connectivity index (χ2v) is 23.4. The van der Waals surface area contributed by atoms with Crippen molar-refractivity contribution in [2.45, 2.75) is 111 Å². The first-order valence-corrected chi connectivity index (χ1v) is 19.9. The SMILES string of the molecule is CCC(=CC=O)c1csc(COc2ccc(CO[Si](C)(C)C(C)(C)C)c(CO[Si](C)(C)C(C)(C)C)c2)c1. The Kier molecular flexibility index (Phi) is 10.8. The fourth-order valence-corrected chi connectivity index (χ4v) is 5.91. The summed E-state index contributed by atoms with van der Waals surface area (Å²) in [6.45, 7) is 26.5. The van der Waals surface area contributed by atoms with E-state index in [0.29, 0.717) is 19.8 Å². The third kappa shape index (κ3) is 8.75. The molecule has 0 bridgehead atoms. The highest BCUT2D eigenvalue weighted by atomic mass is 32.1. The number of carbonyl (C=O) groups is 1. The lowest BCUT2D eigenvalue weighted by Gasteiger charge is -2.37. The molecule has 0 amide bonds. The average Bonchev–Trinajstić information content (AvgIpc) is 3.26. The molecule has 7 heteroatoms. The molecule has 0 aliphatic carbocycles. The molecule has 1 heterocycles. The number of allylic oxidation sites excluding steroid dienone is 2. The van der Waals surface area contributed by atoms with Crippen LogP contribution in [0.5, 0.6) is 5.75 Å². The number of hydrogen-bond acceptors (Lipinski definition) is 5. The van der Waals surface area contributed by atoms with Gasteiger partial charge >= 0.3 is 0 Å². The predicted molar refractivity (Wildman–Crippen MR) is 163 cm³/mol. The van der Waals surface area contributed by atoms with Gasteiger partial charge in [-0.2, -0.15) is 0 Å². The Morgan fingerprint density at radius 1 is 0.865 bits per heavy atom. The van der Waals surface area contributed by atoms with Gasteiger partial charge in [-0.3, -0.25) is 4.79 Å². The monoisotopic (exact) mass is 560 g/mol. The molecule has 0 fully saturated rings. The minimum Gasteiger partial charge on any atom is -0.488 e. The van der Waals surface area contributed by atoms with E-state index in [-0.39, 0.29) is 10.1 Å². The van der Waals surface area contributed by atoms with Crippen LogP contribution in [0.1, 0.15) is 76.5 Å². The second-order valence-electron chi connectivity index (χ2n) is 12.8. The van der Waals surface area contributed by atoms with Crippen LogP contribution >= 0.6 is 11.3 Å². The molecule has 0 saturated carbocycles. The van der Waals surface area contributed by atoms with E-state index in [0.717, 1.165) is 40.0 Å². The van der Waals surface area contributed by atoms with Crippen molar-refractivity contribution >= 4 is 39.8 Å². The molecule has 0 unspecified atom stereocenters. The maximum atomic E-state index is 10.9. The van der Waals surface area contributed by atoms with Crippen molar-refractivity contribution in [3.05, 3.63) is 57.3 Å². The summed E-state index contributed by atoms with van der Waals surface area (Å²) in [4.78, 5) is 12.1. The maximum absolute atomic E-state index is 10.9. The zero-order chi connectivity index (χ0) is 28.1. The minimum absolute atomic E-state index is 0.144. The molecule has 0 N–H and O–H groups in total. The number of benzene rings is 1. The van der Waals surface area contributed by atoms with E-state index in [2.05, 4.69) is 98.2 Å². The first-order chi connectivity index (χ1) is 17.0. The van der Waals surface area contributed by atoms with Crippen LogP contribution in [-0.4, -0.2) is 22.9 Å². The van der Waals surface area contributed by atoms with E-state index < -0.39 is 16.6 Å². The van der Waals surface area contributed by atoms with Gasteiger partial charge in [-0.1, -0.05) is 54.5 Å². The van der Waals surface area contributed by atoms with Crippen molar-refractivity contribution in [1.82, 2.24) is 0 Å². The topological polar surface area (TPSA) is 44.8 Å². The van der Waals surface area contributed by atoms with Gasteiger partial charge in [0.1, 0.15) is 18.6 Å². The molecule has 37 heavy (non-hydrogen) atoms. The van der Waals surface area contributed by atoms with Crippen LogP contribution in [0.2, 0.25) is 36.3 Å². The number of carbonyl (C=O) groups excluding carboxylic acids is 1. The standard InChI is InChI=1S/C30H48O4SSi2/c1-12-23(15-16-31)26-18-28(35-22-26)21-32-27-14-13-24(19-33-36(8,9)29(2,3)4)25(17-27)20-34-37(10,11)30(5,6)7/h13-18,22H,12,19-21H2,1-11H3. The molecule has 4 nitrogen and oxygen atoms in total. The summed E-state index contributed by atoms with van der Waals surface area (Å²) in [5, 5.41) is 2.40. The molecule has 2 aromatic rings. The molecule has 0 spiro atoms. The number of rotatable bonds is 12. The van der Waals surface area contributed by atoms with E-state index in [1.54, 1.807) is 17.4 Å². The number of hydrogen-bond donors (Lipinski definition) is 0. The lowest BCUT2D eigenvalue weighted by molar-refractivity contribution is -0.104. The average molecular weight is 561 g/mol. The summed E-state index contributed by atoms with van der Waals surface area (Å²) in [6, 6.07) is 8.41. The lowest BCUT2D eigenvalue weighted by Crippen LogP contribution is -2.41. The van der Waals surface area contributed by atoms with Crippen LogP contribution in [0, 0.1) is 0 Å². The van der Waals surface area contributed by atoms with Gasteiger partial charge in [0, 0.05) is 4.88 Å². The molecule has 0 atom stereocenters. The Morgan fingerprint density at radius 2 is 1.43 bits per heavy atom. The zero-order valence-electron chi connectivity index (χ0n) is 24.9. The summed E-state index contributed by atoms with van der Waals surface area (Å²) in [5.74, 6) is 0.832. The smallest absolute Gasteiger partial charge is 0.192 e. The van der Waals surface area contributed by atoms with Gasteiger partial charge in [0.15, 0.2) is 16.6 Å². The van der Waals surface area contributed by atoms with Gasteiger partial charge in [0.25, 0.3) is 0 Å². The third-order valence-corrected chi connectivity index (χ3v) is 17.9. The van der Waals surface area contributed by atoms with Gasteiger partial charge in [-0.05, 0) is 94.6 Å². The van der Waals surface area contributed by atoms with Crippen molar-refractivity contribution in [3.63, 3.8) is 0 Å². The van der Waals surface area contributed by atoms with Gasteiger partial charge < -0.3 is 13.6 Å². The summed E-state index contributed by atoms with van der Waals surface area (Å²) < 4.78 is 19.4. The van der Waals surface area contributed by atoms with Gasteiger partial charge in [0.05, 0.1) is 13.2 Å². The zero-order valence-corrected chi connectivity index (χ0v) is 27.7. The first-order valence-electron chi connectivity index (χ1n) is 13.3. The maximum Gasteiger partial charge on any atom is 0.192 e. The summed E-state index contributed by atoms with van der Waals surface area (Å²) in [6.07, 6.45) is 3.33. The molecule has 0 aliphatic rings. The Balaban J connectivity index is 2.24. The normalized spacial score (nSPS) is 13.6. The molecule has 0 aliphatic heterocycles. The molecule has 1 aromatic carbocycles. The van der Waals surface area contributed by atoms with Gasteiger partial charge in [-0.15, -0.1) is 11.3 Å². The first kappa shape index (κ1) is 31.7. The largest absolute Gasteiger partial charge is 0.488 e. The number of aldehydes is 1. The fourth-order valence-electron chi connectivity index (χ4n) is 3.20. The highest BCUT2D eigenvalue weighted by Crippen LogP contribution is 2.39. The summed E-state index contributed by atoms with van der Waals surface area (Å²) in [7, 11) is -3.79. The van der Waals surface area contributed by atoms with Crippen molar-refractivity contribution < 1.29 is 18.4 Å². The van der Waals surface area contributed by atoms with E-state index in [9.17, 15) is 4.79 Å². The number of thiophene rings is 1. The van der Waals surface area contributed by atoms with Crippen LogP contribution < -0.4 is 4.74 Å². The van der Waals surface area contributed by atoms with Crippen molar-refractivity contribution in [2.75, 3.05) is 0 Å². The summed E-state index contributed by atoms with van der Waals surface area (Å²) >= 11 is 1.66. The van der Waals surface area contributed by atoms with Crippen LogP contribution in [0.4, 0.5) is 0 Å². The van der Waals surface area contributed by atoms with Crippen LogP contribution in [0.15, 0.2) is 35.7 Å². The highest BCUT2D eigenvalue weighted by Gasteiger charge is 2.38. The molecular formula is C30H48O4SSi2. The van der Waals surface area contributed by atoms with Crippen LogP contribution in [0.25, 0.3) is 5.57 Å². The molecule has 0 saturated heterocycles. The molecule has 206 valence electrons. The lowest BCUT2D eigenvalue weighted by atomic mass is 10.1. The fraction of sp³-hybridized carbons (Fsp3) is 0.567. The minimum atomic E-state index is -1.91. The Hall–Kier alpha value is -1.52. The van der Waals surface area contributed by atoms with Gasteiger partial charge in [0.2, 0.25) is 0 Å².